The highest BCUT2D eigenvalue weighted by Gasteiger charge is 2.32. The van der Waals surface area contributed by atoms with E-state index in [2.05, 4.69) is 6.92 Å². The van der Waals surface area contributed by atoms with Crippen LogP contribution in [0.2, 0.25) is 0 Å². The summed E-state index contributed by atoms with van der Waals surface area (Å²) in [7, 11) is 0. The zero-order valence-electron chi connectivity index (χ0n) is 11.0. The van der Waals surface area contributed by atoms with Crippen LogP contribution < -0.4 is 5.73 Å². The van der Waals surface area contributed by atoms with Gasteiger partial charge in [-0.15, -0.1) is 0 Å². The van der Waals surface area contributed by atoms with Gasteiger partial charge in [-0.1, -0.05) is 19.1 Å². The minimum Gasteiger partial charge on any atom is -0.444 e. The molecule has 0 aromatic heterocycles. The van der Waals surface area contributed by atoms with Gasteiger partial charge in [-0.3, -0.25) is 0 Å². The Kier molecular flexibility index (Phi) is 4.36. The molecule has 1 heterocycles. The molecule has 1 aliphatic heterocycles. The van der Waals surface area contributed by atoms with Crippen LogP contribution in [0.4, 0.5) is 4.79 Å². The summed E-state index contributed by atoms with van der Waals surface area (Å²) in [6, 6.07) is 0. The van der Waals surface area contributed by atoms with Crippen molar-refractivity contribution in [2.75, 3.05) is 13.1 Å². The Morgan fingerprint density at radius 1 is 1.47 bits per heavy atom. The Balaban J connectivity index is 2.55. The van der Waals surface area contributed by atoms with E-state index in [1.165, 1.54) is 0 Å². The normalized spacial score (nSPS) is 25.5. The molecule has 1 aliphatic rings. The van der Waals surface area contributed by atoms with E-state index in [-0.39, 0.29) is 12.0 Å². The van der Waals surface area contributed by atoms with Gasteiger partial charge in [0.1, 0.15) is 5.60 Å². The van der Waals surface area contributed by atoms with Crippen LogP contribution in [0.1, 0.15) is 34.1 Å². The zero-order chi connectivity index (χ0) is 13.2. The van der Waals surface area contributed by atoms with Gasteiger partial charge in [0.25, 0.3) is 0 Å². The Hall–Kier alpha value is -0.840. The van der Waals surface area contributed by atoms with Crippen molar-refractivity contribution < 1.29 is 9.53 Å². The number of rotatable bonds is 1. The molecular weight excluding hydrogens is 236 g/mol. The number of amides is 1. The summed E-state index contributed by atoms with van der Waals surface area (Å²) in [5.74, 6) is 0.539. The lowest BCUT2D eigenvalue weighted by Crippen LogP contribution is -2.47. The van der Waals surface area contributed by atoms with Crippen molar-refractivity contribution in [1.29, 1.82) is 0 Å². The first-order valence-corrected chi connectivity index (χ1v) is 6.39. The Bertz CT molecular complexity index is 312. The summed E-state index contributed by atoms with van der Waals surface area (Å²) in [5.41, 5.74) is 5.23. The molecule has 0 aliphatic carbocycles. The molecule has 0 aromatic rings. The summed E-state index contributed by atoms with van der Waals surface area (Å²) < 4.78 is 5.34. The van der Waals surface area contributed by atoms with Gasteiger partial charge in [0, 0.05) is 19.0 Å². The molecule has 17 heavy (non-hydrogen) atoms. The molecule has 98 valence electrons. The van der Waals surface area contributed by atoms with Gasteiger partial charge < -0.3 is 15.4 Å². The van der Waals surface area contributed by atoms with Crippen LogP contribution in [0.5, 0.6) is 0 Å². The number of nitrogens with zero attached hydrogens (tertiary/aromatic N) is 1. The summed E-state index contributed by atoms with van der Waals surface area (Å²) in [6.45, 7) is 9.01. The van der Waals surface area contributed by atoms with Gasteiger partial charge in [-0.05, 0) is 33.1 Å². The van der Waals surface area contributed by atoms with Gasteiger partial charge >= 0.3 is 6.09 Å². The molecule has 0 radical (unpaired) electrons. The van der Waals surface area contributed by atoms with Crippen LogP contribution in [0.15, 0.2) is 0 Å². The lowest BCUT2D eigenvalue weighted by atomic mass is 9.87. The fourth-order valence-corrected chi connectivity index (χ4v) is 2.41. The van der Waals surface area contributed by atoms with E-state index in [4.69, 9.17) is 22.7 Å². The summed E-state index contributed by atoms with van der Waals surface area (Å²) in [6.07, 6.45) is 0.584. The third-order valence-electron chi connectivity index (χ3n) is 2.92. The standard InChI is InChI=1S/C12H22N2O2S/c1-8-7-14(6-5-9(8)10(13)17)11(15)16-12(2,3)4/h8-9H,5-7H2,1-4H3,(H2,13,17). The first-order chi connectivity index (χ1) is 7.70. The molecule has 2 N–H and O–H groups in total. The lowest BCUT2D eigenvalue weighted by molar-refractivity contribution is 0.0150. The number of carbonyl (C=O) groups excluding carboxylic acids is 1. The second-order valence-electron chi connectivity index (χ2n) is 5.70. The molecule has 1 fully saturated rings. The van der Waals surface area contributed by atoms with Gasteiger partial charge in [0.15, 0.2) is 0 Å². The van der Waals surface area contributed by atoms with Crippen molar-refractivity contribution in [2.45, 2.75) is 39.7 Å². The van der Waals surface area contributed by atoms with E-state index < -0.39 is 5.60 Å². The third-order valence-corrected chi connectivity index (χ3v) is 3.23. The summed E-state index contributed by atoms with van der Waals surface area (Å²) in [4.78, 5) is 14.2. The van der Waals surface area contributed by atoms with E-state index in [1.54, 1.807) is 4.90 Å². The molecule has 1 saturated heterocycles. The number of hydrogen-bond donors (Lipinski definition) is 1. The van der Waals surface area contributed by atoms with E-state index >= 15 is 0 Å². The van der Waals surface area contributed by atoms with Gasteiger partial charge in [-0.2, -0.15) is 0 Å². The number of thiocarbonyl (C=S) groups is 1. The molecule has 1 amide bonds. The average Bonchev–Trinajstić information content (AvgIpc) is 2.14. The molecule has 1 rings (SSSR count). The van der Waals surface area contributed by atoms with Crippen LogP contribution in [0.25, 0.3) is 0 Å². The largest absolute Gasteiger partial charge is 0.444 e. The van der Waals surface area contributed by atoms with Crippen molar-refractivity contribution in [1.82, 2.24) is 4.90 Å². The highest BCUT2D eigenvalue weighted by molar-refractivity contribution is 7.80. The Morgan fingerprint density at radius 2 is 2.06 bits per heavy atom. The Morgan fingerprint density at radius 3 is 2.47 bits per heavy atom. The number of carbonyl (C=O) groups is 1. The minimum atomic E-state index is -0.444. The SMILES string of the molecule is CC1CN(C(=O)OC(C)(C)C)CCC1C(N)=S. The predicted octanol–water partition coefficient (Wildman–Crippen LogP) is 2.17. The van der Waals surface area contributed by atoms with Crippen molar-refractivity contribution in [2.24, 2.45) is 17.6 Å². The molecule has 2 unspecified atom stereocenters. The number of hydrogen-bond acceptors (Lipinski definition) is 3. The predicted molar refractivity (Wildman–Crippen MR) is 71.9 cm³/mol. The smallest absolute Gasteiger partial charge is 0.410 e. The van der Waals surface area contributed by atoms with E-state index in [9.17, 15) is 4.79 Å². The molecule has 0 bridgehead atoms. The molecule has 0 saturated carbocycles. The first-order valence-electron chi connectivity index (χ1n) is 5.98. The molecule has 0 aromatic carbocycles. The first kappa shape index (κ1) is 14.2. The lowest BCUT2D eigenvalue weighted by Gasteiger charge is -2.37. The summed E-state index contributed by atoms with van der Waals surface area (Å²) in [5, 5.41) is 0. The third kappa shape index (κ3) is 4.15. The number of piperidine rings is 1. The Labute approximate surface area is 108 Å². The van der Waals surface area contributed by atoms with Crippen LogP contribution in [-0.2, 0) is 4.74 Å². The monoisotopic (exact) mass is 258 g/mol. The summed E-state index contributed by atoms with van der Waals surface area (Å²) >= 11 is 5.03. The quantitative estimate of drug-likeness (QED) is 0.732. The van der Waals surface area contributed by atoms with Crippen molar-refractivity contribution in [3.63, 3.8) is 0 Å². The number of nitrogens with two attached hydrogens (primary N) is 1. The fraction of sp³-hybridized carbons (Fsp3) is 0.833. The highest BCUT2D eigenvalue weighted by atomic mass is 32.1. The second-order valence-corrected chi connectivity index (χ2v) is 6.17. The van der Waals surface area contributed by atoms with Crippen molar-refractivity contribution in [3.05, 3.63) is 0 Å². The minimum absolute atomic E-state index is 0.240. The zero-order valence-corrected chi connectivity index (χ0v) is 11.8. The molecule has 5 heteroatoms. The van der Waals surface area contributed by atoms with E-state index in [0.29, 0.717) is 24.0 Å². The molecule has 4 nitrogen and oxygen atoms in total. The fourth-order valence-electron chi connectivity index (χ4n) is 2.06. The number of ether oxygens (including phenoxy) is 1. The molecule has 0 spiro atoms. The maximum Gasteiger partial charge on any atom is 0.410 e. The molecular formula is C12H22N2O2S. The average molecular weight is 258 g/mol. The van der Waals surface area contributed by atoms with Crippen LogP contribution in [-0.4, -0.2) is 34.7 Å². The second kappa shape index (κ2) is 5.21. The van der Waals surface area contributed by atoms with Crippen LogP contribution in [0.3, 0.4) is 0 Å². The van der Waals surface area contributed by atoms with Crippen molar-refractivity contribution in [3.8, 4) is 0 Å². The number of likely N-dealkylation sites (tertiary alicyclic amines) is 1. The maximum absolute atomic E-state index is 11.9. The van der Waals surface area contributed by atoms with Crippen LogP contribution in [0, 0.1) is 11.8 Å². The van der Waals surface area contributed by atoms with Gasteiger partial charge in [0.2, 0.25) is 0 Å². The molecule has 2 atom stereocenters. The topological polar surface area (TPSA) is 55.6 Å². The highest BCUT2D eigenvalue weighted by Crippen LogP contribution is 2.24. The maximum atomic E-state index is 11.9. The van der Waals surface area contributed by atoms with Gasteiger partial charge in [0.05, 0.1) is 4.99 Å². The van der Waals surface area contributed by atoms with E-state index in [1.807, 2.05) is 20.8 Å². The van der Waals surface area contributed by atoms with Crippen molar-refractivity contribution >= 4 is 23.3 Å². The van der Waals surface area contributed by atoms with Gasteiger partial charge in [-0.25, -0.2) is 4.79 Å². The van der Waals surface area contributed by atoms with E-state index in [0.717, 1.165) is 6.42 Å². The van der Waals surface area contributed by atoms with Crippen LogP contribution >= 0.6 is 12.2 Å².